The number of amides is 2. The normalized spacial score (nSPS) is 10.5. The van der Waals surface area contributed by atoms with E-state index >= 15 is 0 Å². The Labute approximate surface area is 184 Å². The van der Waals surface area contributed by atoms with Crippen LogP contribution in [-0.4, -0.2) is 24.9 Å². The molecule has 3 N–H and O–H groups in total. The van der Waals surface area contributed by atoms with E-state index in [-0.39, 0.29) is 27.8 Å². The van der Waals surface area contributed by atoms with Gasteiger partial charge in [-0.25, -0.2) is 4.79 Å². The van der Waals surface area contributed by atoms with Crippen LogP contribution >= 0.6 is 27.3 Å². The van der Waals surface area contributed by atoms with E-state index < -0.39 is 17.8 Å². The monoisotopic (exact) mass is 492 g/mol. The van der Waals surface area contributed by atoms with Crippen molar-refractivity contribution in [1.29, 1.82) is 0 Å². The number of hydrogen-bond acceptors (Lipinski definition) is 7. The van der Waals surface area contributed by atoms with E-state index in [1.54, 1.807) is 19.1 Å². The van der Waals surface area contributed by atoms with Crippen LogP contribution in [0.3, 0.4) is 0 Å². The van der Waals surface area contributed by atoms with Crippen LogP contribution in [0.1, 0.15) is 41.9 Å². The van der Waals surface area contributed by atoms with E-state index in [1.807, 2.05) is 18.2 Å². The summed E-state index contributed by atoms with van der Waals surface area (Å²) in [7, 11) is 1.23. The van der Waals surface area contributed by atoms with Crippen LogP contribution in [0.25, 0.3) is 0 Å². The molecule has 2 aromatic heterocycles. The zero-order valence-electron chi connectivity index (χ0n) is 16.0. The first kappa shape index (κ1) is 21.6. The van der Waals surface area contributed by atoms with Crippen LogP contribution in [0, 0.1) is 6.92 Å². The molecule has 1 aromatic carbocycles. The van der Waals surface area contributed by atoms with Crippen molar-refractivity contribution in [3.05, 3.63) is 68.4 Å². The van der Waals surface area contributed by atoms with E-state index in [0.29, 0.717) is 17.1 Å². The Morgan fingerprint density at radius 1 is 1.20 bits per heavy atom. The Balaban J connectivity index is 1.75. The molecule has 2 heterocycles. The number of rotatable bonds is 7. The highest BCUT2D eigenvalue weighted by molar-refractivity contribution is 9.10. The van der Waals surface area contributed by atoms with E-state index in [0.717, 1.165) is 15.8 Å². The molecule has 3 aromatic rings. The molecule has 0 aliphatic heterocycles. The standard InChI is InChI=1S/C20H17BrN2O6S/c1-10-15(17(22)24)19(30-16(10)20(26)27-2)23-18(25)14-8-7-11(29-14)9-28-13-6-4-3-5-12(13)21/h3-8H,9H2,1-2H3,(H2,22,24)(H,23,25). The van der Waals surface area contributed by atoms with Crippen molar-refractivity contribution in [3.8, 4) is 5.75 Å². The summed E-state index contributed by atoms with van der Waals surface area (Å²) >= 11 is 4.29. The lowest BCUT2D eigenvalue weighted by molar-refractivity contribution is 0.0605. The third-order valence-corrected chi connectivity index (χ3v) is 5.93. The number of para-hydroxylation sites is 1. The molecule has 0 bridgehead atoms. The molecular formula is C20H17BrN2O6S. The number of carbonyl (C=O) groups excluding carboxylic acids is 3. The second-order valence-corrected chi connectivity index (χ2v) is 7.93. The summed E-state index contributed by atoms with van der Waals surface area (Å²) in [6.45, 7) is 1.68. The van der Waals surface area contributed by atoms with Gasteiger partial charge in [0.15, 0.2) is 5.76 Å². The van der Waals surface area contributed by atoms with Crippen LogP contribution in [0.15, 0.2) is 45.3 Å². The average Bonchev–Trinajstić information content (AvgIpc) is 3.31. The summed E-state index contributed by atoms with van der Waals surface area (Å²) < 4.78 is 16.7. The maximum Gasteiger partial charge on any atom is 0.348 e. The number of methoxy groups -OCH3 is 1. The molecule has 0 saturated heterocycles. The Morgan fingerprint density at radius 2 is 1.93 bits per heavy atom. The van der Waals surface area contributed by atoms with Gasteiger partial charge in [-0.2, -0.15) is 0 Å². The van der Waals surface area contributed by atoms with E-state index in [4.69, 9.17) is 19.6 Å². The second-order valence-electron chi connectivity index (χ2n) is 6.06. The van der Waals surface area contributed by atoms with Gasteiger partial charge in [0.2, 0.25) is 0 Å². The number of nitrogens with one attached hydrogen (secondary N) is 1. The highest BCUT2D eigenvalue weighted by Crippen LogP contribution is 2.33. The molecule has 0 aliphatic carbocycles. The van der Waals surface area contributed by atoms with Gasteiger partial charge < -0.3 is 24.9 Å². The number of ether oxygens (including phenoxy) is 2. The summed E-state index contributed by atoms with van der Waals surface area (Å²) in [5.41, 5.74) is 5.81. The fourth-order valence-electron chi connectivity index (χ4n) is 2.64. The minimum absolute atomic E-state index is 0.0156. The molecule has 3 rings (SSSR count). The van der Waals surface area contributed by atoms with Crippen molar-refractivity contribution in [3.63, 3.8) is 0 Å². The summed E-state index contributed by atoms with van der Waals surface area (Å²) in [6, 6.07) is 10.4. The first-order chi connectivity index (χ1) is 14.3. The Morgan fingerprint density at radius 3 is 2.60 bits per heavy atom. The number of hydrogen-bond donors (Lipinski definition) is 2. The SMILES string of the molecule is COC(=O)c1sc(NC(=O)c2ccc(COc3ccccc3Br)o2)c(C(N)=O)c1C. The number of carbonyl (C=O) groups is 3. The average molecular weight is 493 g/mol. The highest BCUT2D eigenvalue weighted by Gasteiger charge is 2.25. The summed E-state index contributed by atoms with van der Waals surface area (Å²) in [5, 5.41) is 2.72. The molecule has 156 valence electrons. The summed E-state index contributed by atoms with van der Waals surface area (Å²) in [5.74, 6) is -0.899. The molecule has 0 atom stereocenters. The van der Waals surface area contributed by atoms with Crippen molar-refractivity contribution in [2.45, 2.75) is 13.5 Å². The van der Waals surface area contributed by atoms with Gasteiger partial charge in [-0.05, 0) is 52.7 Å². The first-order valence-electron chi connectivity index (χ1n) is 8.60. The molecule has 8 nitrogen and oxygen atoms in total. The maximum atomic E-state index is 12.6. The van der Waals surface area contributed by atoms with Gasteiger partial charge in [0.1, 0.15) is 28.0 Å². The summed E-state index contributed by atoms with van der Waals surface area (Å²) in [6.07, 6.45) is 0. The Bertz CT molecular complexity index is 1120. The highest BCUT2D eigenvalue weighted by atomic mass is 79.9. The van der Waals surface area contributed by atoms with Gasteiger partial charge in [-0.1, -0.05) is 12.1 Å². The van der Waals surface area contributed by atoms with Gasteiger partial charge in [0.05, 0.1) is 17.1 Å². The zero-order valence-corrected chi connectivity index (χ0v) is 18.4. The number of furan rings is 1. The lowest BCUT2D eigenvalue weighted by atomic mass is 10.1. The van der Waals surface area contributed by atoms with Gasteiger partial charge in [0, 0.05) is 0 Å². The van der Waals surface area contributed by atoms with E-state index in [1.165, 1.54) is 13.2 Å². The van der Waals surface area contributed by atoms with Crippen LogP contribution in [0.2, 0.25) is 0 Å². The predicted octanol–water partition coefficient (Wildman–Crippen LogP) is 4.13. The molecular weight excluding hydrogens is 476 g/mol. The van der Waals surface area contributed by atoms with Gasteiger partial charge >= 0.3 is 5.97 Å². The minimum Gasteiger partial charge on any atom is -0.484 e. The van der Waals surface area contributed by atoms with Crippen molar-refractivity contribution in [1.82, 2.24) is 0 Å². The van der Waals surface area contributed by atoms with E-state index in [2.05, 4.69) is 21.2 Å². The zero-order chi connectivity index (χ0) is 21.8. The third-order valence-electron chi connectivity index (χ3n) is 4.08. The number of anilines is 1. The lowest BCUT2D eigenvalue weighted by Crippen LogP contribution is -2.17. The molecule has 2 amide bonds. The Hall–Kier alpha value is -3.11. The lowest BCUT2D eigenvalue weighted by Gasteiger charge is -2.06. The number of nitrogens with two attached hydrogens (primary N) is 1. The molecule has 30 heavy (non-hydrogen) atoms. The van der Waals surface area contributed by atoms with Crippen LogP contribution in [0.5, 0.6) is 5.75 Å². The molecule has 0 radical (unpaired) electrons. The third kappa shape index (κ3) is 4.55. The van der Waals surface area contributed by atoms with Crippen LogP contribution in [-0.2, 0) is 11.3 Å². The van der Waals surface area contributed by atoms with Crippen LogP contribution < -0.4 is 15.8 Å². The molecule has 0 saturated carbocycles. The van der Waals surface area contributed by atoms with Gasteiger partial charge in [-0.3, -0.25) is 9.59 Å². The predicted molar refractivity (Wildman–Crippen MR) is 114 cm³/mol. The molecule has 0 aliphatic rings. The topological polar surface area (TPSA) is 121 Å². The number of benzene rings is 1. The maximum absolute atomic E-state index is 12.6. The van der Waals surface area contributed by atoms with E-state index in [9.17, 15) is 14.4 Å². The Kier molecular flexibility index (Phi) is 6.58. The molecule has 0 fully saturated rings. The molecule has 0 unspecified atom stereocenters. The fraction of sp³-hybridized carbons (Fsp3) is 0.150. The van der Waals surface area contributed by atoms with Gasteiger partial charge in [-0.15, -0.1) is 11.3 Å². The largest absolute Gasteiger partial charge is 0.484 e. The molecule has 10 heteroatoms. The number of halogens is 1. The fourth-order valence-corrected chi connectivity index (χ4v) is 4.16. The molecule has 0 spiro atoms. The second kappa shape index (κ2) is 9.14. The van der Waals surface area contributed by atoms with Crippen molar-refractivity contribution >= 4 is 50.1 Å². The number of thiophene rings is 1. The van der Waals surface area contributed by atoms with Crippen LogP contribution in [0.4, 0.5) is 5.00 Å². The quantitative estimate of drug-likeness (QED) is 0.478. The minimum atomic E-state index is -0.767. The van der Waals surface area contributed by atoms with Crippen molar-refractivity contribution in [2.24, 2.45) is 5.73 Å². The first-order valence-corrected chi connectivity index (χ1v) is 10.2. The smallest absolute Gasteiger partial charge is 0.348 e. The van der Waals surface area contributed by atoms with Crippen molar-refractivity contribution < 1.29 is 28.3 Å². The number of primary amides is 1. The summed E-state index contributed by atoms with van der Waals surface area (Å²) in [4.78, 5) is 36.5. The van der Waals surface area contributed by atoms with Gasteiger partial charge in [0.25, 0.3) is 11.8 Å². The van der Waals surface area contributed by atoms with Crippen molar-refractivity contribution in [2.75, 3.05) is 12.4 Å². The number of esters is 1.